The van der Waals surface area contributed by atoms with Gasteiger partial charge in [-0.2, -0.15) is 5.26 Å². The van der Waals surface area contributed by atoms with Crippen molar-refractivity contribution in [1.29, 1.82) is 5.26 Å². The molecule has 0 aromatic heterocycles. The van der Waals surface area contributed by atoms with Crippen LogP contribution in [-0.4, -0.2) is 18.3 Å². The third-order valence-electron chi connectivity index (χ3n) is 4.75. The number of hydrogen-bond donors (Lipinski definition) is 1. The molecule has 6 heteroatoms. The molecule has 2 N–H and O–H groups in total. The first-order valence-electron chi connectivity index (χ1n) is 8.15. The summed E-state index contributed by atoms with van der Waals surface area (Å²) < 4.78 is 18.2. The standard InChI is InChI=1S/C19H21BN2O3/c1-18(2)19(3,4)25-20(24-18)16-11-14(22)7-10-17(16)23-15-8-5-13(12-21)6-9-15/h5-11H,22H2,1-4H3. The van der Waals surface area contributed by atoms with E-state index < -0.39 is 18.3 Å². The van der Waals surface area contributed by atoms with Crippen LogP contribution in [-0.2, 0) is 9.31 Å². The van der Waals surface area contributed by atoms with E-state index in [9.17, 15) is 0 Å². The van der Waals surface area contributed by atoms with Crippen molar-refractivity contribution in [2.75, 3.05) is 5.73 Å². The van der Waals surface area contributed by atoms with Gasteiger partial charge < -0.3 is 19.8 Å². The zero-order valence-corrected chi connectivity index (χ0v) is 14.9. The number of nitriles is 1. The first-order chi connectivity index (χ1) is 11.7. The van der Waals surface area contributed by atoms with Gasteiger partial charge in [-0.15, -0.1) is 0 Å². The van der Waals surface area contributed by atoms with Gasteiger partial charge in [0.15, 0.2) is 0 Å². The summed E-state index contributed by atoms with van der Waals surface area (Å²) in [6.07, 6.45) is 0. The van der Waals surface area contributed by atoms with Crippen LogP contribution >= 0.6 is 0 Å². The zero-order chi connectivity index (χ0) is 18.2. The highest BCUT2D eigenvalue weighted by atomic mass is 16.7. The van der Waals surface area contributed by atoms with Crippen molar-refractivity contribution in [2.45, 2.75) is 38.9 Å². The molecule has 0 atom stereocenters. The van der Waals surface area contributed by atoms with Gasteiger partial charge in [-0.3, -0.25) is 0 Å². The lowest BCUT2D eigenvalue weighted by Gasteiger charge is -2.32. The predicted octanol–water partition coefficient (Wildman–Crippen LogP) is 3.23. The van der Waals surface area contributed by atoms with E-state index in [0.717, 1.165) is 5.46 Å². The van der Waals surface area contributed by atoms with Crippen molar-refractivity contribution >= 4 is 18.3 Å². The fraction of sp³-hybridized carbons (Fsp3) is 0.316. The molecule has 2 aromatic carbocycles. The van der Waals surface area contributed by atoms with E-state index >= 15 is 0 Å². The Balaban J connectivity index is 1.92. The van der Waals surface area contributed by atoms with Crippen LogP contribution in [0, 0.1) is 11.3 Å². The van der Waals surface area contributed by atoms with E-state index in [1.807, 2.05) is 27.7 Å². The molecule has 0 radical (unpaired) electrons. The number of ether oxygens (including phenoxy) is 1. The molecule has 1 aliphatic heterocycles. The highest BCUT2D eigenvalue weighted by Crippen LogP contribution is 2.37. The lowest BCUT2D eigenvalue weighted by Crippen LogP contribution is -2.41. The molecule has 1 heterocycles. The maximum absolute atomic E-state index is 8.90. The smallest absolute Gasteiger partial charge is 0.458 e. The van der Waals surface area contributed by atoms with Gasteiger partial charge in [-0.05, 0) is 70.2 Å². The maximum atomic E-state index is 8.90. The maximum Gasteiger partial charge on any atom is 0.498 e. The van der Waals surface area contributed by atoms with Crippen LogP contribution in [0.4, 0.5) is 5.69 Å². The second kappa shape index (κ2) is 6.10. The number of rotatable bonds is 3. The van der Waals surface area contributed by atoms with Gasteiger partial charge in [-0.25, -0.2) is 0 Å². The van der Waals surface area contributed by atoms with Crippen molar-refractivity contribution in [3.8, 4) is 17.6 Å². The topological polar surface area (TPSA) is 77.5 Å². The minimum absolute atomic E-state index is 0.450. The van der Waals surface area contributed by atoms with Gasteiger partial charge in [0.2, 0.25) is 0 Å². The Morgan fingerprint density at radius 1 is 1.00 bits per heavy atom. The molecule has 0 saturated carbocycles. The molecule has 1 aliphatic rings. The van der Waals surface area contributed by atoms with E-state index in [1.165, 1.54) is 0 Å². The summed E-state index contributed by atoms with van der Waals surface area (Å²) in [6.45, 7) is 8.00. The third-order valence-corrected chi connectivity index (χ3v) is 4.75. The quantitative estimate of drug-likeness (QED) is 0.688. The van der Waals surface area contributed by atoms with Crippen LogP contribution in [0.1, 0.15) is 33.3 Å². The molecule has 0 aliphatic carbocycles. The van der Waals surface area contributed by atoms with Gasteiger partial charge in [0.25, 0.3) is 0 Å². The van der Waals surface area contributed by atoms with Gasteiger partial charge in [0.1, 0.15) is 11.5 Å². The zero-order valence-electron chi connectivity index (χ0n) is 14.9. The highest BCUT2D eigenvalue weighted by Gasteiger charge is 2.52. The Hall–Kier alpha value is -2.49. The number of nitrogens with two attached hydrogens (primary N) is 1. The monoisotopic (exact) mass is 336 g/mol. The molecule has 128 valence electrons. The number of nitrogen functional groups attached to an aromatic ring is 1. The molecule has 1 fully saturated rings. The predicted molar refractivity (Wildman–Crippen MR) is 97.8 cm³/mol. The summed E-state index contributed by atoms with van der Waals surface area (Å²) in [6, 6.07) is 14.4. The third kappa shape index (κ3) is 3.34. The summed E-state index contributed by atoms with van der Waals surface area (Å²) in [4.78, 5) is 0. The van der Waals surface area contributed by atoms with Crippen molar-refractivity contribution in [1.82, 2.24) is 0 Å². The summed E-state index contributed by atoms with van der Waals surface area (Å²) in [5.41, 5.74) is 6.98. The Bertz CT molecular complexity index is 810. The van der Waals surface area contributed by atoms with Crippen molar-refractivity contribution in [3.05, 3.63) is 48.0 Å². The number of nitrogens with zero attached hydrogens (tertiary/aromatic N) is 1. The number of benzene rings is 2. The van der Waals surface area contributed by atoms with E-state index in [-0.39, 0.29) is 0 Å². The fourth-order valence-corrected chi connectivity index (χ4v) is 2.54. The Kier molecular flexibility index (Phi) is 4.23. The molecular formula is C19H21BN2O3. The van der Waals surface area contributed by atoms with Crippen LogP contribution in [0.2, 0.25) is 0 Å². The van der Waals surface area contributed by atoms with Gasteiger partial charge in [-0.1, -0.05) is 0 Å². The molecule has 0 bridgehead atoms. The van der Waals surface area contributed by atoms with Crippen LogP contribution in [0.25, 0.3) is 0 Å². The van der Waals surface area contributed by atoms with Gasteiger partial charge in [0.05, 0.1) is 22.8 Å². The van der Waals surface area contributed by atoms with E-state index in [0.29, 0.717) is 22.7 Å². The van der Waals surface area contributed by atoms with Crippen LogP contribution < -0.4 is 15.9 Å². The minimum atomic E-state index is -0.568. The molecule has 2 aromatic rings. The summed E-state index contributed by atoms with van der Waals surface area (Å²) >= 11 is 0. The molecule has 3 rings (SSSR count). The first kappa shape index (κ1) is 17.3. The Labute approximate surface area is 148 Å². The Morgan fingerprint density at radius 2 is 1.60 bits per heavy atom. The molecule has 0 spiro atoms. The van der Waals surface area contributed by atoms with E-state index in [4.69, 9.17) is 25.0 Å². The molecule has 25 heavy (non-hydrogen) atoms. The summed E-state index contributed by atoms with van der Waals surface area (Å²) in [5.74, 6) is 1.24. The average molecular weight is 336 g/mol. The normalized spacial score (nSPS) is 18.0. The first-order valence-corrected chi connectivity index (χ1v) is 8.15. The number of hydrogen-bond acceptors (Lipinski definition) is 5. The van der Waals surface area contributed by atoms with Crippen molar-refractivity contribution in [2.24, 2.45) is 0 Å². The lowest BCUT2D eigenvalue weighted by atomic mass is 9.78. The van der Waals surface area contributed by atoms with Crippen LogP contribution in [0.15, 0.2) is 42.5 Å². The fourth-order valence-electron chi connectivity index (χ4n) is 2.54. The molecule has 0 unspecified atom stereocenters. The lowest BCUT2D eigenvalue weighted by molar-refractivity contribution is 0.00578. The second-order valence-electron chi connectivity index (χ2n) is 7.12. The summed E-state index contributed by atoms with van der Waals surface area (Å²) in [7, 11) is -0.568. The average Bonchev–Trinajstić information content (AvgIpc) is 2.78. The largest absolute Gasteiger partial charge is 0.498 e. The minimum Gasteiger partial charge on any atom is -0.458 e. The van der Waals surface area contributed by atoms with E-state index in [1.54, 1.807) is 42.5 Å². The summed E-state index contributed by atoms with van der Waals surface area (Å²) in [5, 5.41) is 8.90. The van der Waals surface area contributed by atoms with Crippen molar-refractivity contribution in [3.63, 3.8) is 0 Å². The molecule has 0 amide bonds. The second-order valence-corrected chi connectivity index (χ2v) is 7.12. The Morgan fingerprint density at radius 3 is 2.16 bits per heavy atom. The van der Waals surface area contributed by atoms with Crippen molar-refractivity contribution < 1.29 is 14.0 Å². The van der Waals surface area contributed by atoms with Gasteiger partial charge >= 0.3 is 7.12 Å². The number of anilines is 1. The molecular weight excluding hydrogens is 315 g/mol. The molecule has 5 nitrogen and oxygen atoms in total. The SMILES string of the molecule is CC1(C)OB(c2cc(N)ccc2Oc2ccc(C#N)cc2)OC1(C)C. The molecule has 1 saturated heterocycles. The van der Waals surface area contributed by atoms with Crippen LogP contribution in [0.3, 0.4) is 0 Å². The van der Waals surface area contributed by atoms with Crippen LogP contribution in [0.5, 0.6) is 11.5 Å². The highest BCUT2D eigenvalue weighted by molar-refractivity contribution is 6.63. The van der Waals surface area contributed by atoms with Gasteiger partial charge in [0, 0.05) is 11.2 Å². The van der Waals surface area contributed by atoms with E-state index in [2.05, 4.69) is 6.07 Å².